The molecule has 1 N–H and O–H groups in total. The smallest absolute Gasteiger partial charge is 0.252 e. The molecule has 0 amide bonds. The van der Waals surface area contributed by atoms with Gasteiger partial charge in [0.2, 0.25) is 10.0 Å². The molecule has 1 atom stereocenters. The molecule has 1 fully saturated rings. The topological polar surface area (TPSA) is 116 Å². The van der Waals surface area contributed by atoms with Crippen LogP contribution in [0.4, 0.5) is 0 Å². The van der Waals surface area contributed by atoms with E-state index < -0.39 is 10.0 Å². The summed E-state index contributed by atoms with van der Waals surface area (Å²) >= 11 is 0. The number of sulfonamides is 1. The molecule has 11 heteroatoms. The van der Waals surface area contributed by atoms with Gasteiger partial charge in [-0.05, 0) is 37.1 Å². The summed E-state index contributed by atoms with van der Waals surface area (Å²) in [6.45, 7) is 2.25. The molecule has 0 saturated carbocycles. The third-order valence-corrected chi connectivity index (χ3v) is 8.32. The number of nitrogens with zero attached hydrogens (tertiary/aromatic N) is 1. The fourth-order valence-corrected chi connectivity index (χ4v) is 6.16. The first-order chi connectivity index (χ1) is 17.5. The van der Waals surface area contributed by atoms with Crippen molar-refractivity contribution in [2.75, 3.05) is 39.6 Å². The Labute approximate surface area is 207 Å². The van der Waals surface area contributed by atoms with Gasteiger partial charge < -0.3 is 28.7 Å². The van der Waals surface area contributed by atoms with E-state index in [0.717, 1.165) is 18.2 Å². The Morgan fingerprint density at radius 1 is 0.861 bits per heavy atom. The average molecular weight is 515 g/mol. The number of aromatic amines is 1. The minimum absolute atomic E-state index is 0.0709. The number of fused-ring (bicyclic) bond motifs is 3. The molecule has 0 aliphatic carbocycles. The van der Waals surface area contributed by atoms with E-state index in [0.29, 0.717) is 67.1 Å². The Hall–Kier alpha value is -3.28. The first-order valence-corrected chi connectivity index (χ1v) is 13.4. The van der Waals surface area contributed by atoms with Crippen LogP contribution in [0.5, 0.6) is 23.0 Å². The molecule has 3 aliphatic rings. The quantitative estimate of drug-likeness (QED) is 0.533. The Kier molecular flexibility index (Phi) is 5.98. The van der Waals surface area contributed by atoms with E-state index in [1.54, 1.807) is 24.3 Å². The molecular weight excluding hydrogens is 488 g/mol. The summed E-state index contributed by atoms with van der Waals surface area (Å²) in [6, 6.07) is 9.79. The van der Waals surface area contributed by atoms with Crippen LogP contribution in [-0.2, 0) is 21.3 Å². The molecule has 1 unspecified atom stereocenters. The molecule has 1 aromatic heterocycles. The number of aromatic nitrogens is 1. The molecule has 10 nitrogen and oxygen atoms in total. The minimum Gasteiger partial charge on any atom is -0.486 e. The van der Waals surface area contributed by atoms with Gasteiger partial charge in [0, 0.05) is 42.8 Å². The lowest BCUT2D eigenvalue weighted by atomic mass is 10.1. The third kappa shape index (κ3) is 4.38. The zero-order valence-corrected chi connectivity index (χ0v) is 20.3. The number of H-pyrrole nitrogens is 1. The monoisotopic (exact) mass is 514 g/mol. The second-order valence-corrected chi connectivity index (χ2v) is 10.9. The summed E-state index contributed by atoms with van der Waals surface area (Å²) in [5, 5.41) is 0.725. The third-order valence-electron chi connectivity index (χ3n) is 6.51. The molecule has 3 aliphatic heterocycles. The van der Waals surface area contributed by atoms with Crippen LogP contribution < -0.4 is 24.5 Å². The van der Waals surface area contributed by atoms with Crippen LogP contribution in [0.2, 0.25) is 0 Å². The molecule has 6 rings (SSSR count). The normalized spacial score (nSPS) is 19.1. The summed E-state index contributed by atoms with van der Waals surface area (Å²) in [7, 11) is -3.98. The van der Waals surface area contributed by atoms with Crippen molar-refractivity contribution < 1.29 is 32.1 Å². The maximum absolute atomic E-state index is 13.8. The molecule has 3 aromatic rings. The van der Waals surface area contributed by atoms with Crippen molar-refractivity contribution in [1.29, 1.82) is 0 Å². The van der Waals surface area contributed by atoms with Gasteiger partial charge in [0.05, 0.1) is 16.5 Å². The summed E-state index contributed by atoms with van der Waals surface area (Å²) in [4.78, 5) is 15.9. The van der Waals surface area contributed by atoms with Crippen LogP contribution >= 0.6 is 0 Å². The average Bonchev–Trinajstić information content (AvgIpc) is 3.40. The predicted molar refractivity (Wildman–Crippen MR) is 130 cm³/mol. The maximum atomic E-state index is 13.8. The van der Waals surface area contributed by atoms with Crippen molar-refractivity contribution >= 4 is 20.9 Å². The number of pyridine rings is 1. The van der Waals surface area contributed by atoms with Crippen LogP contribution in [0, 0.1) is 0 Å². The van der Waals surface area contributed by atoms with Crippen LogP contribution in [0.15, 0.2) is 46.1 Å². The molecule has 0 spiro atoms. The number of ether oxygens (including phenoxy) is 5. The van der Waals surface area contributed by atoms with Gasteiger partial charge in [0.15, 0.2) is 23.0 Å². The van der Waals surface area contributed by atoms with Crippen molar-refractivity contribution in [3.05, 3.63) is 52.3 Å². The largest absolute Gasteiger partial charge is 0.486 e. The lowest BCUT2D eigenvalue weighted by Crippen LogP contribution is -2.38. The van der Waals surface area contributed by atoms with Crippen molar-refractivity contribution in [2.24, 2.45) is 0 Å². The first kappa shape index (κ1) is 23.1. The van der Waals surface area contributed by atoms with E-state index in [2.05, 4.69) is 4.98 Å². The summed E-state index contributed by atoms with van der Waals surface area (Å²) in [6.07, 6.45) is 1.38. The van der Waals surface area contributed by atoms with Crippen LogP contribution in [0.1, 0.15) is 18.4 Å². The van der Waals surface area contributed by atoms with Crippen LogP contribution in [0.3, 0.4) is 0 Å². The van der Waals surface area contributed by atoms with E-state index in [9.17, 15) is 13.2 Å². The van der Waals surface area contributed by atoms with Gasteiger partial charge in [-0.15, -0.1) is 0 Å². The number of hydrogen-bond donors (Lipinski definition) is 1. The lowest BCUT2D eigenvalue weighted by Gasteiger charge is -2.26. The highest BCUT2D eigenvalue weighted by atomic mass is 32.2. The van der Waals surface area contributed by atoms with Crippen molar-refractivity contribution in [1.82, 2.24) is 9.29 Å². The molecule has 0 bridgehead atoms. The van der Waals surface area contributed by atoms with E-state index in [-0.39, 0.29) is 29.6 Å². The number of hydrogen-bond acceptors (Lipinski definition) is 8. The molecule has 0 radical (unpaired) electrons. The van der Waals surface area contributed by atoms with Crippen LogP contribution in [-0.4, -0.2) is 63.4 Å². The number of nitrogens with one attached hydrogen (secondary N) is 1. The summed E-state index contributed by atoms with van der Waals surface area (Å²) in [5.74, 6) is 2.05. The van der Waals surface area contributed by atoms with E-state index >= 15 is 0 Å². The molecule has 190 valence electrons. The summed E-state index contributed by atoms with van der Waals surface area (Å²) in [5.41, 5.74) is 0.542. The van der Waals surface area contributed by atoms with Crippen LogP contribution in [0.25, 0.3) is 10.9 Å². The fraction of sp³-hybridized carbons (Fsp3) is 0.400. The zero-order valence-electron chi connectivity index (χ0n) is 19.5. The molecular formula is C25H26N2O8S. The number of benzene rings is 2. The highest BCUT2D eigenvalue weighted by Crippen LogP contribution is 2.35. The lowest BCUT2D eigenvalue weighted by molar-refractivity contribution is 0.0925. The summed E-state index contributed by atoms with van der Waals surface area (Å²) < 4.78 is 57.1. The molecule has 36 heavy (non-hydrogen) atoms. The second kappa shape index (κ2) is 9.30. The molecule has 2 aromatic carbocycles. The molecule has 4 heterocycles. The van der Waals surface area contributed by atoms with Gasteiger partial charge in [0.25, 0.3) is 5.56 Å². The van der Waals surface area contributed by atoms with Gasteiger partial charge in [-0.3, -0.25) is 4.79 Å². The molecule has 1 saturated heterocycles. The van der Waals surface area contributed by atoms with E-state index in [1.165, 1.54) is 16.4 Å². The van der Waals surface area contributed by atoms with Gasteiger partial charge in [-0.2, -0.15) is 4.31 Å². The van der Waals surface area contributed by atoms with Crippen molar-refractivity contribution in [3.8, 4) is 23.0 Å². The highest BCUT2D eigenvalue weighted by Gasteiger charge is 2.31. The van der Waals surface area contributed by atoms with Gasteiger partial charge in [-0.1, -0.05) is 0 Å². The van der Waals surface area contributed by atoms with Crippen molar-refractivity contribution in [3.63, 3.8) is 0 Å². The standard InChI is InChI=1S/C25H26N2O8S/c28-25-17(10-16-11-22-24(13-20(16)26-25)35-9-8-33-22)14-27(15-18-2-1-5-31-18)36(29,30)19-3-4-21-23(12-19)34-7-6-32-21/h3-4,10-13,18H,1-2,5-9,14-15H2,(H,26,28). The fourth-order valence-electron chi connectivity index (χ4n) is 4.69. The van der Waals surface area contributed by atoms with E-state index in [1.807, 2.05) is 0 Å². The first-order valence-electron chi connectivity index (χ1n) is 11.9. The minimum atomic E-state index is -3.98. The van der Waals surface area contributed by atoms with Crippen molar-refractivity contribution in [2.45, 2.75) is 30.4 Å². The number of rotatable bonds is 6. The Balaban J connectivity index is 1.37. The second-order valence-electron chi connectivity index (χ2n) is 8.94. The van der Waals surface area contributed by atoms with E-state index in [4.69, 9.17) is 23.7 Å². The Bertz CT molecular complexity index is 1460. The maximum Gasteiger partial charge on any atom is 0.252 e. The SMILES string of the molecule is O=c1[nH]c2cc3c(cc2cc1CN(CC1CCCO1)S(=O)(=O)c1ccc2c(c1)OCCO2)OCCO3. The van der Waals surface area contributed by atoms with Gasteiger partial charge in [0.1, 0.15) is 26.4 Å². The Morgan fingerprint density at radius 2 is 1.56 bits per heavy atom. The van der Waals surface area contributed by atoms with Gasteiger partial charge in [-0.25, -0.2) is 8.42 Å². The Morgan fingerprint density at radius 3 is 2.28 bits per heavy atom. The van der Waals surface area contributed by atoms with Gasteiger partial charge >= 0.3 is 0 Å². The zero-order chi connectivity index (χ0) is 24.7. The predicted octanol–water partition coefficient (Wildman–Crippen LogP) is 2.44. The highest BCUT2D eigenvalue weighted by molar-refractivity contribution is 7.89.